The van der Waals surface area contributed by atoms with E-state index < -0.39 is 0 Å². The Bertz CT molecular complexity index is 538. The van der Waals surface area contributed by atoms with Crippen LogP contribution in [-0.4, -0.2) is 18.7 Å². The second-order valence-electron chi connectivity index (χ2n) is 4.70. The SMILES string of the molecule is COCCc1ccc(Oc2cc([C@@H](C)N)ccn2)cc1. The minimum absolute atomic E-state index is 0.0308. The van der Waals surface area contributed by atoms with Crippen LogP contribution >= 0.6 is 0 Å². The molecule has 4 nitrogen and oxygen atoms in total. The average molecular weight is 272 g/mol. The molecule has 1 heterocycles. The number of nitrogens with two attached hydrogens (primary N) is 1. The molecule has 2 aromatic rings. The van der Waals surface area contributed by atoms with Crippen LogP contribution in [-0.2, 0) is 11.2 Å². The van der Waals surface area contributed by atoms with E-state index in [2.05, 4.69) is 4.98 Å². The van der Waals surface area contributed by atoms with Gasteiger partial charge in [-0.15, -0.1) is 0 Å². The molecule has 1 aromatic heterocycles. The van der Waals surface area contributed by atoms with Crippen LogP contribution in [0.15, 0.2) is 42.6 Å². The fourth-order valence-corrected chi connectivity index (χ4v) is 1.83. The number of hydrogen-bond donors (Lipinski definition) is 1. The minimum atomic E-state index is -0.0308. The van der Waals surface area contributed by atoms with Crippen molar-refractivity contribution in [1.29, 1.82) is 0 Å². The van der Waals surface area contributed by atoms with Gasteiger partial charge in [0.15, 0.2) is 0 Å². The summed E-state index contributed by atoms with van der Waals surface area (Å²) in [6.45, 7) is 2.65. The number of ether oxygens (including phenoxy) is 2. The molecule has 0 saturated heterocycles. The molecule has 1 aromatic carbocycles. The summed E-state index contributed by atoms with van der Waals surface area (Å²) >= 11 is 0. The summed E-state index contributed by atoms with van der Waals surface area (Å²) in [5, 5.41) is 0. The third-order valence-corrected chi connectivity index (χ3v) is 3.03. The lowest BCUT2D eigenvalue weighted by Crippen LogP contribution is -2.05. The van der Waals surface area contributed by atoms with Crippen molar-refractivity contribution in [2.75, 3.05) is 13.7 Å². The molecule has 1 atom stereocenters. The van der Waals surface area contributed by atoms with Gasteiger partial charge in [0, 0.05) is 25.4 Å². The quantitative estimate of drug-likeness (QED) is 0.878. The van der Waals surface area contributed by atoms with Crippen LogP contribution < -0.4 is 10.5 Å². The van der Waals surface area contributed by atoms with Crippen LogP contribution in [0.4, 0.5) is 0 Å². The van der Waals surface area contributed by atoms with Crippen LogP contribution in [0, 0.1) is 0 Å². The summed E-state index contributed by atoms with van der Waals surface area (Å²) < 4.78 is 10.8. The molecule has 0 aliphatic rings. The summed E-state index contributed by atoms with van der Waals surface area (Å²) in [6, 6.07) is 11.7. The number of nitrogens with zero attached hydrogens (tertiary/aromatic N) is 1. The lowest BCUT2D eigenvalue weighted by molar-refractivity contribution is 0.202. The van der Waals surface area contributed by atoms with Gasteiger partial charge in [0.25, 0.3) is 0 Å². The van der Waals surface area contributed by atoms with E-state index in [0.717, 1.165) is 24.3 Å². The van der Waals surface area contributed by atoms with E-state index >= 15 is 0 Å². The Morgan fingerprint density at radius 2 is 1.95 bits per heavy atom. The maximum atomic E-state index is 5.85. The van der Waals surface area contributed by atoms with Gasteiger partial charge in [0.1, 0.15) is 5.75 Å². The first-order valence-electron chi connectivity index (χ1n) is 6.66. The van der Waals surface area contributed by atoms with Crippen LogP contribution in [0.5, 0.6) is 11.6 Å². The standard InChI is InChI=1S/C16H20N2O2/c1-12(17)14-7-9-18-16(11-14)20-15-5-3-13(4-6-15)8-10-19-2/h3-7,9,11-12H,8,10,17H2,1-2H3/t12-/m1/s1. The first-order valence-corrected chi connectivity index (χ1v) is 6.66. The fraction of sp³-hybridized carbons (Fsp3) is 0.312. The van der Waals surface area contributed by atoms with Crippen LogP contribution in [0.25, 0.3) is 0 Å². The maximum absolute atomic E-state index is 5.85. The Kier molecular flexibility index (Phi) is 5.09. The second kappa shape index (κ2) is 7.03. The van der Waals surface area contributed by atoms with E-state index in [1.165, 1.54) is 5.56 Å². The van der Waals surface area contributed by atoms with Gasteiger partial charge in [-0.2, -0.15) is 0 Å². The highest BCUT2D eigenvalue weighted by atomic mass is 16.5. The van der Waals surface area contributed by atoms with Crippen molar-refractivity contribution < 1.29 is 9.47 Å². The highest BCUT2D eigenvalue weighted by Gasteiger charge is 2.04. The number of methoxy groups -OCH3 is 1. The summed E-state index contributed by atoms with van der Waals surface area (Å²) in [7, 11) is 1.70. The van der Waals surface area contributed by atoms with Gasteiger partial charge in [0.2, 0.25) is 5.88 Å². The molecule has 20 heavy (non-hydrogen) atoms. The summed E-state index contributed by atoms with van der Waals surface area (Å²) in [5.74, 6) is 1.32. The molecule has 0 aliphatic carbocycles. The van der Waals surface area contributed by atoms with E-state index in [-0.39, 0.29) is 6.04 Å². The van der Waals surface area contributed by atoms with Crippen LogP contribution in [0.1, 0.15) is 24.1 Å². The Labute approximate surface area is 119 Å². The Morgan fingerprint density at radius 1 is 1.20 bits per heavy atom. The van der Waals surface area contributed by atoms with Crippen molar-refractivity contribution in [2.45, 2.75) is 19.4 Å². The van der Waals surface area contributed by atoms with E-state index in [1.54, 1.807) is 13.3 Å². The molecule has 0 aliphatic heterocycles. The number of aromatic nitrogens is 1. The molecule has 0 amide bonds. The largest absolute Gasteiger partial charge is 0.439 e. The molecule has 0 radical (unpaired) electrons. The summed E-state index contributed by atoms with van der Waals surface area (Å²) in [5.41, 5.74) is 8.07. The van der Waals surface area contributed by atoms with Gasteiger partial charge in [-0.05, 0) is 42.7 Å². The van der Waals surface area contributed by atoms with Gasteiger partial charge >= 0.3 is 0 Å². The first-order chi connectivity index (χ1) is 9.69. The highest BCUT2D eigenvalue weighted by molar-refractivity contribution is 5.32. The van der Waals surface area contributed by atoms with Gasteiger partial charge in [0.05, 0.1) is 6.61 Å². The van der Waals surface area contributed by atoms with Crippen molar-refractivity contribution in [2.24, 2.45) is 5.73 Å². The normalized spacial score (nSPS) is 12.2. The average Bonchev–Trinajstić information content (AvgIpc) is 2.47. The Hall–Kier alpha value is -1.91. The van der Waals surface area contributed by atoms with Gasteiger partial charge in [-0.3, -0.25) is 0 Å². The van der Waals surface area contributed by atoms with E-state index in [4.69, 9.17) is 15.2 Å². The van der Waals surface area contributed by atoms with E-state index in [1.807, 2.05) is 43.3 Å². The number of pyridine rings is 1. The molecular formula is C16H20N2O2. The second-order valence-corrected chi connectivity index (χ2v) is 4.70. The zero-order valence-electron chi connectivity index (χ0n) is 11.9. The number of hydrogen-bond acceptors (Lipinski definition) is 4. The molecule has 0 fully saturated rings. The monoisotopic (exact) mass is 272 g/mol. The third-order valence-electron chi connectivity index (χ3n) is 3.03. The van der Waals surface area contributed by atoms with Crippen LogP contribution in [0.3, 0.4) is 0 Å². The molecule has 0 unspecified atom stereocenters. The predicted molar refractivity (Wildman–Crippen MR) is 78.9 cm³/mol. The van der Waals surface area contributed by atoms with Crippen molar-refractivity contribution in [3.63, 3.8) is 0 Å². The van der Waals surface area contributed by atoms with Gasteiger partial charge < -0.3 is 15.2 Å². The van der Waals surface area contributed by atoms with Crippen molar-refractivity contribution in [3.05, 3.63) is 53.7 Å². The molecular weight excluding hydrogens is 252 g/mol. The molecule has 0 spiro atoms. The third kappa shape index (κ3) is 4.05. The summed E-state index contributed by atoms with van der Waals surface area (Å²) in [6.07, 6.45) is 2.61. The lowest BCUT2D eigenvalue weighted by atomic mass is 10.1. The van der Waals surface area contributed by atoms with Crippen molar-refractivity contribution >= 4 is 0 Å². The van der Waals surface area contributed by atoms with Crippen LogP contribution in [0.2, 0.25) is 0 Å². The van der Waals surface area contributed by atoms with Crippen molar-refractivity contribution in [1.82, 2.24) is 4.98 Å². The number of rotatable bonds is 6. The molecule has 2 rings (SSSR count). The zero-order valence-corrected chi connectivity index (χ0v) is 11.9. The van der Waals surface area contributed by atoms with Gasteiger partial charge in [-0.25, -0.2) is 4.98 Å². The minimum Gasteiger partial charge on any atom is -0.439 e. The Morgan fingerprint density at radius 3 is 2.60 bits per heavy atom. The summed E-state index contributed by atoms with van der Waals surface area (Å²) in [4.78, 5) is 4.19. The van der Waals surface area contributed by atoms with Crippen molar-refractivity contribution in [3.8, 4) is 11.6 Å². The molecule has 106 valence electrons. The highest BCUT2D eigenvalue weighted by Crippen LogP contribution is 2.22. The molecule has 0 saturated carbocycles. The topological polar surface area (TPSA) is 57.4 Å². The molecule has 4 heteroatoms. The van der Waals surface area contributed by atoms with Gasteiger partial charge in [-0.1, -0.05) is 12.1 Å². The van der Waals surface area contributed by atoms with E-state index in [0.29, 0.717) is 5.88 Å². The molecule has 2 N–H and O–H groups in total. The fourth-order valence-electron chi connectivity index (χ4n) is 1.83. The number of benzene rings is 1. The smallest absolute Gasteiger partial charge is 0.219 e. The lowest BCUT2D eigenvalue weighted by Gasteiger charge is -2.09. The molecule has 0 bridgehead atoms. The maximum Gasteiger partial charge on any atom is 0.219 e. The Balaban J connectivity index is 2.04. The van der Waals surface area contributed by atoms with E-state index in [9.17, 15) is 0 Å². The first kappa shape index (κ1) is 14.5. The zero-order chi connectivity index (χ0) is 14.4. The predicted octanol–water partition coefficient (Wildman–Crippen LogP) is 3.08.